The van der Waals surface area contributed by atoms with Gasteiger partial charge in [0.1, 0.15) is 29.2 Å². The summed E-state index contributed by atoms with van der Waals surface area (Å²) in [6, 6.07) is 20.7. The maximum Gasteiger partial charge on any atom is 0.246 e. The summed E-state index contributed by atoms with van der Waals surface area (Å²) in [6.45, 7) is 7.30. The zero-order chi connectivity index (χ0) is 38.6. The number of carbonyl (C=O) groups excluding carboxylic acids is 4. The van der Waals surface area contributed by atoms with Gasteiger partial charge in [0.2, 0.25) is 17.7 Å². The fourth-order valence-corrected chi connectivity index (χ4v) is 7.71. The minimum Gasteiger partial charge on any atom is -0.460 e. The lowest BCUT2D eigenvalue weighted by atomic mass is 9.85. The molecule has 1 aliphatic heterocycles. The minimum absolute atomic E-state index is 0.0393. The third kappa shape index (κ3) is 9.06. The van der Waals surface area contributed by atoms with E-state index in [1.165, 1.54) is 4.90 Å². The van der Waals surface area contributed by atoms with Gasteiger partial charge in [-0.25, -0.2) is 0 Å². The van der Waals surface area contributed by atoms with Crippen molar-refractivity contribution in [2.45, 2.75) is 83.5 Å². The number of hydrogen-bond donors (Lipinski definition) is 4. The summed E-state index contributed by atoms with van der Waals surface area (Å²) >= 11 is 1.56. The molecule has 3 aromatic heterocycles. The molecule has 1 saturated heterocycles. The molecule has 1 aliphatic rings. The van der Waals surface area contributed by atoms with Crippen molar-refractivity contribution in [1.29, 1.82) is 0 Å². The van der Waals surface area contributed by atoms with Crippen molar-refractivity contribution in [3.63, 3.8) is 0 Å². The number of nitrogens with zero attached hydrogens (tertiary/aromatic N) is 2. The molecule has 0 radical (unpaired) electrons. The molecule has 0 aliphatic carbocycles. The SMILES string of the molecule is C[C@@H](NC(=O)[C@@H]1C[C@@H](O)CN1C(=O)[C@@H](NC(=O)CCC(=O)CC(c1cccnc1)c1cc2ccccc2o1)C(C)(C)C)c1ccc(-c2cc(N)cs2)cc1. The molecular formula is C42H47N5O6S. The van der Waals surface area contributed by atoms with Crippen LogP contribution in [0.25, 0.3) is 21.4 Å². The number of para-hydroxylation sites is 1. The number of nitrogen functional groups attached to an aromatic ring is 1. The number of thiophene rings is 1. The number of nitrogens with one attached hydrogen (secondary N) is 2. The number of carbonyl (C=O) groups is 4. The van der Waals surface area contributed by atoms with E-state index >= 15 is 0 Å². The summed E-state index contributed by atoms with van der Waals surface area (Å²) in [5, 5.41) is 19.3. The van der Waals surface area contributed by atoms with E-state index in [-0.39, 0.29) is 55.9 Å². The van der Waals surface area contributed by atoms with Crippen LogP contribution in [0.3, 0.4) is 0 Å². The molecule has 1 unspecified atom stereocenters. The van der Waals surface area contributed by atoms with Crippen LogP contribution in [0.4, 0.5) is 5.69 Å². The highest BCUT2D eigenvalue weighted by atomic mass is 32.1. The van der Waals surface area contributed by atoms with Crippen LogP contribution < -0.4 is 16.4 Å². The van der Waals surface area contributed by atoms with E-state index in [0.717, 1.165) is 32.5 Å². The van der Waals surface area contributed by atoms with E-state index in [1.807, 2.05) is 106 Å². The summed E-state index contributed by atoms with van der Waals surface area (Å²) in [5.41, 5.74) is 9.30. The van der Waals surface area contributed by atoms with E-state index in [0.29, 0.717) is 11.4 Å². The number of aromatic nitrogens is 1. The highest BCUT2D eigenvalue weighted by Crippen LogP contribution is 2.34. The van der Waals surface area contributed by atoms with Crippen molar-refractivity contribution in [3.05, 3.63) is 107 Å². The van der Waals surface area contributed by atoms with Crippen LogP contribution in [-0.2, 0) is 19.2 Å². The standard InChI is InChI=1S/C42H47N5O6S/c1-25(26-11-13-27(14-12-26)37-19-30(43)24-54-37)45-40(51)34-21-32(49)23-47(34)41(52)39(42(2,3)4)46-38(50)16-15-31(48)20-33(29-9-7-17-44-22-29)36-18-28-8-5-6-10-35(28)53-36/h5-14,17-19,22,24-25,32-34,39,49H,15-16,20-21,23,43H2,1-4H3,(H,45,51)(H,46,50)/t25-,32-,33?,34+,39-/m1/s1. The van der Waals surface area contributed by atoms with Gasteiger partial charge in [-0.05, 0) is 53.3 Å². The lowest BCUT2D eigenvalue weighted by Gasteiger charge is -2.35. The predicted molar refractivity (Wildman–Crippen MR) is 209 cm³/mol. The molecule has 0 spiro atoms. The van der Waals surface area contributed by atoms with Crippen LogP contribution in [-0.4, -0.2) is 63.2 Å². The van der Waals surface area contributed by atoms with E-state index in [4.69, 9.17) is 10.2 Å². The number of likely N-dealkylation sites (tertiary alicyclic amines) is 1. The summed E-state index contributed by atoms with van der Waals surface area (Å²) in [5.74, 6) is -1.20. The Bertz CT molecular complexity index is 2070. The number of rotatable bonds is 13. The number of aliphatic hydroxyl groups is 1. The maximum atomic E-state index is 14.1. The van der Waals surface area contributed by atoms with Gasteiger partial charge in [0.25, 0.3) is 0 Å². The highest BCUT2D eigenvalue weighted by Gasteiger charge is 2.44. The first kappa shape index (κ1) is 38.4. The first-order valence-electron chi connectivity index (χ1n) is 18.2. The highest BCUT2D eigenvalue weighted by molar-refractivity contribution is 7.14. The maximum absolute atomic E-state index is 14.1. The Hall–Kier alpha value is -5.33. The molecule has 4 heterocycles. The number of ketones is 1. The number of furan rings is 1. The molecule has 3 amide bonds. The molecule has 54 heavy (non-hydrogen) atoms. The van der Waals surface area contributed by atoms with Crippen molar-refractivity contribution in [1.82, 2.24) is 20.5 Å². The summed E-state index contributed by atoms with van der Waals surface area (Å²) < 4.78 is 6.12. The van der Waals surface area contributed by atoms with Crippen LogP contribution >= 0.6 is 11.3 Å². The van der Waals surface area contributed by atoms with Crippen molar-refractivity contribution in [2.75, 3.05) is 12.3 Å². The van der Waals surface area contributed by atoms with Crippen molar-refractivity contribution in [2.24, 2.45) is 5.41 Å². The third-order valence-corrected chi connectivity index (χ3v) is 10.9. The molecule has 12 heteroatoms. The van der Waals surface area contributed by atoms with Crippen LogP contribution in [0, 0.1) is 5.41 Å². The molecule has 6 rings (SSSR count). The number of hydrogen-bond acceptors (Lipinski definition) is 9. The predicted octanol–water partition coefficient (Wildman–Crippen LogP) is 6.38. The number of anilines is 1. The number of β-amino-alcohol motifs (C(OH)–C–C–N with tert-alkyl or cyclic N) is 1. The molecule has 2 aromatic carbocycles. The second kappa shape index (κ2) is 16.4. The van der Waals surface area contributed by atoms with Crippen LogP contribution in [0.15, 0.2) is 95.0 Å². The molecule has 1 fully saturated rings. The number of fused-ring (bicyclic) bond motifs is 1. The molecule has 0 saturated carbocycles. The number of aliphatic hydroxyl groups excluding tert-OH is 1. The summed E-state index contributed by atoms with van der Waals surface area (Å²) in [6.07, 6.45) is 2.50. The van der Waals surface area contributed by atoms with Gasteiger partial charge in [0.15, 0.2) is 0 Å². The molecule has 282 valence electrons. The Kier molecular flexibility index (Phi) is 11.6. The number of Topliss-reactive ketones (excluding diaryl/α,β-unsaturated/α-hetero) is 1. The Labute approximate surface area is 319 Å². The minimum atomic E-state index is -1.00. The molecule has 11 nitrogen and oxygen atoms in total. The zero-order valence-corrected chi connectivity index (χ0v) is 31.8. The van der Waals surface area contributed by atoms with Gasteiger partial charge in [-0.1, -0.05) is 69.3 Å². The molecule has 5 aromatic rings. The van der Waals surface area contributed by atoms with E-state index in [2.05, 4.69) is 15.6 Å². The zero-order valence-electron chi connectivity index (χ0n) is 31.0. The van der Waals surface area contributed by atoms with Gasteiger partial charge in [-0.3, -0.25) is 24.2 Å². The van der Waals surface area contributed by atoms with Crippen molar-refractivity contribution in [3.8, 4) is 10.4 Å². The monoisotopic (exact) mass is 749 g/mol. The average Bonchev–Trinajstić information content (AvgIpc) is 3.89. The molecular weight excluding hydrogens is 703 g/mol. The number of benzene rings is 2. The number of amides is 3. The van der Waals surface area contributed by atoms with Gasteiger partial charge in [-0.15, -0.1) is 11.3 Å². The lowest BCUT2D eigenvalue weighted by molar-refractivity contribution is -0.144. The molecule has 5 N–H and O–H groups in total. The normalized spacial score (nSPS) is 17.5. The summed E-state index contributed by atoms with van der Waals surface area (Å²) in [4.78, 5) is 61.1. The molecule has 5 atom stereocenters. The third-order valence-electron chi connectivity index (χ3n) is 9.89. The largest absolute Gasteiger partial charge is 0.460 e. The van der Waals surface area contributed by atoms with Gasteiger partial charge in [0.05, 0.1) is 18.1 Å². The quantitative estimate of drug-likeness (QED) is 0.108. The van der Waals surface area contributed by atoms with E-state index in [1.54, 1.807) is 23.7 Å². The smallest absolute Gasteiger partial charge is 0.246 e. The number of nitrogens with two attached hydrogens (primary N) is 1. The first-order valence-corrected chi connectivity index (χ1v) is 19.1. The van der Waals surface area contributed by atoms with Gasteiger partial charge >= 0.3 is 0 Å². The topological polar surface area (TPSA) is 168 Å². The average molecular weight is 750 g/mol. The van der Waals surface area contributed by atoms with Crippen LogP contribution in [0.1, 0.15) is 82.2 Å². The van der Waals surface area contributed by atoms with Gasteiger partial charge in [0, 0.05) is 66.0 Å². The Morgan fingerprint density at radius 1 is 1.00 bits per heavy atom. The van der Waals surface area contributed by atoms with Gasteiger partial charge < -0.3 is 30.8 Å². The summed E-state index contributed by atoms with van der Waals surface area (Å²) in [7, 11) is 0. The first-order chi connectivity index (χ1) is 25.8. The van der Waals surface area contributed by atoms with Crippen molar-refractivity contribution < 1.29 is 28.7 Å². The second-order valence-electron chi connectivity index (χ2n) is 15.1. The second-order valence-corrected chi connectivity index (χ2v) is 16.0. The van der Waals surface area contributed by atoms with Crippen molar-refractivity contribution >= 4 is 51.5 Å². The Morgan fingerprint density at radius 3 is 2.43 bits per heavy atom. The number of pyridine rings is 1. The Morgan fingerprint density at radius 2 is 1.76 bits per heavy atom. The fraction of sp³-hybridized carbons (Fsp3) is 0.357. The van der Waals surface area contributed by atoms with E-state index < -0.39 is 35.4 Å². The van der Waals surface area contributed by atoms with E-state index in [9.17, 15) is 24.3 Å². The van der Waals surface area contributed by atoms with Crippen LogP contribution in [0.2, 0.25) is 0 Å². The lowest BCUT2D eigenvalue weighted by Crippen LogP contribution is -2.57. The van der Waals surface area contributed by atoms with Crippen LogP contribution in [0.5, 0.6) is 0 Å². The molecule has 0 bridgehead atoms. The fourth-order valence-electron chi connectivity index (χ4n) is 6.91. The Balaban J connectivity index is 1.08. The van der Waals surface area contributed by atoms with Gasteiger partial charge in [-0.2, -0.15) is 0 Å².